The average molecular weight is 327 g/mol. The molecular formula is C20H25NO3. The topological polar surface area (TPSA) is 46.6 Å². The standard InChI is InChI=1S/C20H25NO3/c1-14-10-11-16-12-21(19(2,3)4)17(22)20(14,16)18(23)24-13-15-8-6-5-7-9-15/h5-9,16H,1,10-13H2,2-4H3/t16-,20+/m1/s1. The number of benzene rings is 1. The molecule has 1 heterocycles. The molecule has 2 atom stereocenters. The van der Waals surface area contributed by atoms with E-state index in [9.17, 15) is 9.59 Å². The molecule has 4 nitrogen and oxygen atoms in total. The van der Waals surface area contributed by atoms with Crippen LogP contribution in [-0.4, -0.2) is 28.9 Å². The van der Waals surface area contributed by atoms with E-state index < -0.39 is 11.4 Å². The molecule has 128 valence electrons. The fourth-order valence-electron chi connectivity index (χ4n) is 3.93. The van der Waals surface area contributed by atoms with Crippen LogP contribution in [0.25, 0.3) is 0 Å². The normalized spacial score (nSPS) is 26.6. The number of carbonyl (C=O) groups excluding carboxylic acids is 2. The SMILES string of the molecule is C=C1CC[C@@H]2CN(C(C)(C)C)C(=O)[C@]12C(=O)OCc1ccccc1. The van der Waals surface area contributed by atoms with Crippen LogP contribution in [0, 0.1) is 11.3 Å². The van der Waals surface area contributed by atoms with Gasteiger partial charge in [-0.05, 0) is 39.2 Å². The summed E-state index contributed by atoms with van der Waals surface area (Å²) in [5.74, 6) is -0.601. The van der Waals surface area contributed by atoms with Crippen LogP contribution in [0.15, 0.2) is 42.5 Å². The highest BCUT2D eigenvalue weighted by molar-refractivity contribution is 6.08. The second-order valence-corrected chi connectivity index (χ2v) is 7.80. The lowest BCUT2D eigenvalue weighted by Crippen LogP contribution is -2.48. The van der Waals surface area contributed by atoms with Crippen LogP contribution in [0.1, 0.15) is 39.2 Å². The van der Waals surface area contributed by atoms with Crippen molar-refractivity contribution in [3.63, 3.8) is 0 Å². The Labute approximate surface area is 143 Å². The Balaban J connectivity index is 1.86. The van der Waals surface area contributed by atoms with Crippen LogP contribution in [0.5, 0.6) is 0 Å². The lowest BCUT2D eigenvalue weighted by Gasteiger charge is -2.34. The number of ether oxygens (including phenoxy) is 1. The number of hydrogen-bond donors (Lipinski definition) is 0. The van der Waals surface area contributed by atoms with E-state index in [2.05, 4.69) is 6.58 Å². The largest absolute Gasteiger partial charge is 0.460 e. The van der Waals surface area contributed by atoms with Gasteiger partial charge < -0.3 is 9.64 Å². The van der Waals surface area contributed by atoms with Crippen LogP contribution in [0.3, 0.4) is 0 Å². The van der Waals surface area contributed by atoms with Crippen molar-refractivity contribution >= 4 is 11.9 Å². The number of nitrogens with zero attached hydrogens (tertiary/aromatic N) is 1. The first-order chi connectivity index (χ1) is 11.3. The molecule has 2 aliphatic rings. The van der Waals surface area contributed by atoms with Gasteiger partial charge in [-0.25, -0.2) is 0 Å². The highest BCUT2D eigenvalue weighted by Crippen LogP contribution is 2.54. The van der Waals surface area contributed by atoms with Gasteiger partial charge in [-0.1, -0.05) is 42.5 Å². The summed E-state index contributed by atoms with van der Waals surface area (Å²) >= 11 is 0. The minimum Gasteiger partial charge on any atom is -0.460 e. The van der Waals surface area contributed by atoms with Crippen LogP contribution in [0.2, 0.25) is 0 Å². The molecule has 1 aromatic rings. The molecule has 1 saturated carbocycles. The van der Waals surface area contributed by atoms with Gasteiger partial charge in [0.2, 0.25) is 5.91 Å². The molecule has 0 unspecified atom stereocenters. The molecule has 0 spiro atoms. The van der Waals surface area contributed by atoms with E-state index in [1.807, 2.05) is 56.0 Å². The maximum Gasteiger partial charge on any atom is 0.326 e. The van der Waals surface area contributed by atoms with Crippen molar-refractivity contribution in [2.45, 2.75) is 45.8 Å². The lowest BCUT2D eigenvalue weighted by molar-refractivity contribution is -0.161. The van der Waals surface area contributed by atoms with Gasteiger partial charge in [-0.15, -0.1) is 0 Å². The first-order valence-corrected chi connectivity index (χ1v) is 8.49. The van der Waals surface area contributed by atoms with Crippen molar-refractivity contribution in [2.75, 3.05) is 6.54 Å². The van der Waals surface area contributed by atoms with Gasteiger partial charge in [-0.3, -0.25) is 9.59 Å². The molecule has 1 aliphatic heterocycles. The highest BCUT2D eigenvalue weighted by atomic mass is 16.5. The molecule has 0 N–H and O–H groups in total. The molecule has 24 heavy (non-hydrogen) atoms. The quantitative estimate of drug-likeness (QED) is 0.486. The van der Waals surface area contributed by atoms with Crippen molar-refractivity contribution in [2.24, 2.45) is 11.3 Å². The van der Waals surface area contributed by atoms with E-state index in [-0.39, 0.29) is 24.0 Å². The molecule has 0 bridgehead atoms. The summed E-state index contributed by atoms with van der Waals surface area (Å²) in [4.78, 5) is 28.0. The number of esters is 1. The van der Waals surface area contributed by atoms with Gasteiger partial charge >= 0.3 is 5.97 Å². The van der Waals surface area contributed by atoms with E-state index in [4.69, 9.17) is 4.74 Å². The Morgan fingerprint density at radius 1 is 1.33 bits per heavy atom. The molecule has 1 saturated heterocycles. The van der Waals surface area contributed by atoms with Crippen LogP contribution in [0.4, 0.5) is 0 Å². The van der Waals surface area contributed by atoms with E-state index in [0.29, 0.717) is 12.1 Å². The molecule has 3 rings (SSSR count). The molecule has 4 heteroatoms. The second-order valence-electron chi connectivity index (χ2n) is 7.80. The number of amides is 1. The van der Waals surface area contributed by atoms with Gasteiger partial charge in [0.25, 0.3) is 0 Å². The van der Waals surface area contributed by atoms with Gasteiger partial charge in [0, 0.05) is 18.0 Å². The lowest BCUT2D eigenvalue weighted by atomic mass is 9.77. The summed E-state index contributed by atoms with van der Waals surface area (Å²) in [5, 5.41) is 0. The Bertz CT molecular complexity index is 674. The van der Waals surface area contributed by atoms with Crippen LogP contribution >= 0.6 is 0 Å². The molecule has 1 aliphatic carbocycles. The number of carbonyl (C=O) groups is 2. The van der Waals surface area contributed by atoms with Crippen molar-refractivity contribution in [1.29, 1.82) is 0 Å². The molecule has 1 amide bonds. The van der Waals surface area contributed by atoms with E-state index in [1.165, 1.54) is 0 Å². The molecular weight excluding hydrogens is 302 g/mol. The molecule has 1 aromatic carbocycles. The van der Waals surface area contributed by atoms with Crippen LogP contribution in [-0.2, 0) is 20.9 Å². The zero-order valence-corrected chi connectivity index (χ0v) is 14.7. The third kappa shape index (κ3) is 2.45. The van der Waals surface area contributed by atoms with Crippen molar-refractivity contribution in [1.82, 2.24) is 4.90 Å². The predicted octanol–water partition coefficient (Wildman–Crippen LogP) is 3.32. The zero-order chi connectivity index (χ0) is 17.5. The summed E-state index contributed by atoms with van der Waals surface area (Å²) in [5.41, 5.74) is 0.138. The molecule has 2 fully saturated rings. The number of likely N-dealkylation sites (tertiary alicyclic amines) is 1. The number of rotatable bonds is 3. The average Bonchev–Trinajstić information content (AvgIpc) is 3.02. The third-order valence-electron chi connectivity index (χ3n) is 5.29. The van der Waals surface area contributed by atoms with Crippen molar-refractivity contribution in [3.05, 3.63) is 48.0 Å². The maximum atomic E-state index is 13.2. The Morgan fingerprint density at radius 2 is 2.00 bits per heavy atom. The van der Waals surface area contributed by atoms with Gasteiger partial charge in [0.1, 0.15) is 6.61 Å². The smallest absolute Gasteiger partial charge is 0.326 e. The van der Waals surface area contributed by atoms with Crippen molar-refractivity contribution < 1.29 is 14.3 Å². The number of hydrogen-bond acceptors (Lipinski definition) is 3. The van der Waals surface area contributed by atoms with Gasteiger partial charge in [0.05, 0.1) is 0 Å². The Morgan fingerprint density at radius 3 is 2.62 bits per heavy atom. The highest BCUT2D eigenvalue weighted by Gasteiger charge is 2.65. The Hall–Kier alpha value is -2.10. The summed E-state index contributed by atoms with van der Waals surface area (Å²) in [6, 6.07) is 9.54. The van der Waals surface area contributed by atoms with Crippen molar-refractivity contribution in [3.8, 4) is 0 Å². The van der Waals surface area contributed by atoms with Crippen LogP contribution < -0.4 is 0 Å². The fraction of sp³-hybridized carbons (Fsp3) is 0.500. The predicted molar refractivity (Wildman–Crippen MR) is 92.0 cm³/mol. The summed E-state index contributed by atoms with van der Waals surface area (Å²) in [6.45, 7) is 10.8. The summed E-state index contributed by atoms with van der Waals surface area (Å²) in [7, 11) is 0. The van der Waals surface area contributed by atoms with E-state index in [0.717, 1.165) is 18.4 Å². The van der Waals surface area contributed by atoms with Gasteiger partial charge in [-0.2, -0.15) is 0 Å². The molecule has 0 aromatic heterocycles. The Kier molecular flexibility index (Phi) is 4.02. The minimum atomic E-state index is -1.18. The van der Waals surface area contributed by atoms with Gasteiger partial charge in [0.15, 0.2) is 5.41 Å². The monoisotopic (exact) mass is 327 g/mol. The first kappa shape index (κ1) is 16.7. The summed E-state index contributed by atoms with van der Waals surface area (Å²) in [6.07, 6.45) is 1.53. The molecule has 0 radical (unpaired) electrons. The third-order valence-corrected chi connectivity index (χ3v) is 5.29. The fourth-order valence-corrected chi connectivity index (χ4v) is 3.93. The van der Waals surface area contributed by atoms with E-state index >= 15 is 0 Å². The summed E-state index contributed by atoms with van der Waals surface area (Å²) < 4.78 is 5.57. The number of fused-ring (bicyclic) bond motifs is 1. The second kappa shape index (κ2) is 5.76. The van der Waals surface area contributed by atoms with E-state index in [1.54, 1.807) is 0 Å². The maximum absolute atomic E-state index is 13.2. The minimum absolute atomic E-state index is 0.0278. The first-order valence-electron chi connectivity index (χ1n) is 8.49. The zero-order valence-electron chi connectivity index (χ0n) is 14.7.